The molecule has 0 spiro atoms. The van der Waals surface area contributed by atoms with Crippen molar-refractivity contribution in [3.8, 4) is 0 Å². The number of alkyl halides is 1. The van der Waals surface area contributed by atoms with E-state index in [1.54, 1.807) is 11.3 Å². The molecule has 2 fully saturated rings. The van der Waals surface area contributed by atoms with E-state index in [2.05, 4.69) is 15.2 Å². The number of ether oxygens (including phenoxy) is 1. The molecule has 0 bridgehead atoms. The molecule has 1 aromatic rings. The zero-order chi connectivity index (χ0) is 13.9. The van der Waals surface area contributed by atoms with Gasteiger partial charge in [-0.05, 0) is 12.8 Å². The monoisotopic (exact) mass is 315 g/mol. The number of thiazole rings is 1. The highest BCUT2D eigenvalue weighted by atomic mass is 35.5. The van der Waals surface area contributed by atoms with Crippen molar-refractivity contribution in [1.82, 2.24) is 15.2 Å². The summed E-state index contributed by atoms with van der Waals surface area (Å²) in [5.74, 6) is 0.520. The van der Waals surface area contributed by atoms with Gasteiger partial charge in [-0.15, -0.1) is 22.9 Å². The van der Waals surface area contributed by atoms with Gasteiger partial charge in [-0.25, -0.2) is 4.98 Å². The van der Waals surface area contributed by atoms with E-state index in [0.717, 1.165) is 30.1 Å². The van der Waals surface area contributed by atoms with Gasteiger partial charge < -0.3 is 10.1 Å². The van der Waals surface area contributed by atoms with Crippen LogP contribution in [0.2, 0.25) is 0 Å². The number of hydrogen-bond acceptors (Lipinski definition) is 5. The smallest absolute Gasteiger partial charge is 0.239 e. The number of hydrogen-bond donors (Lipinski definition) is 1. The van der Waals surface area contributed by atoms with Gasteiger partial charge in [0.1, 0.15) is 11.0 Å². The van der Waals surface area contributed by atoms with Gasteiger partial charge >= 0.3 is 0 Å². The van der Waals surface area contributed by atoms with E-state index in [-0.39, 0.29) is 11.9 Å². The molecule has 1 unspecified atom stereocenters. The van der Waals surface area contributed by atoms with E-state index in [0.29, 0.717) is 31.7 Å². The van der Waals surface area contributed by atoms with E-state index in [4.69, 9.17) is 16.3 Å². The van der Waals surface area contributed by atoms with Gasteiger partial charge in [0, 0.05) is 18.0 Å². The van der Waals surface area contributed by atoms with E-state index in [9.17, 15) is 4.79 Å². The fraction of sp³-hybridized carbons (Fsp3) is 0.692. The Kier molecular flexibility index (Phi) is 4.55. The van der Waals surface area contributed by atoms with Crippen molar-refractivity contribution in [3.63, 3.8) is 0 Å². The van der Waals surface area contributed by atoms with Crippen LogP contribution >= 0.6 is 22.9 Å². The van der Waals surface area contributed by atoms with Crippen LogP contribution < -0.4 is 5.32 Å². The molecule has 1 saturated carbocycles. The molecule has 1 atom stereocenters. The maximum atomic E-state index is 12.2. The van der Waals surface area contributed by atoms with Crippen LogP contribution in [0.1, 0.15) is 23.5 Å². The van der Waals surface area contributed by atoms with Gasteiger partial charge in [0.25, 0.3) is 0 Å². The summed E-state index contributed by atoms with van der Waals surface area (Å²) in [7, 11) is 0. The van der Waals surface area contributed by atoms with Crippen LogP contribution in [0, 0.1) is 0 Å². The third-order valence-electron chi connectivity index (χ3n) is 3.54. The highest BCUT2D eigenvalue weighted by Gasteiger charge is 2.33. The Bertz CT molecular complexity index is 478. The summed E-state index contributed by atoms with van der Waals surface area (Å²) < 4.78 is 5.46. The molecular formula is C13H18ClN3O2S. The maximum absolute atomic E-state index is 12.2. The Hall–Kier alpha value is -0.690. The normalized spacial score (nSPS) is 23.8. The van der Waals surface area contributed by atoms with Crippen molar-refractivity contribution in [2.24, 2.45) is 0 Å². The van der Waals surface area contributed by atoms with Crippen LogP contribution in [-0.2, 0) is 22.0 Å². The SMILES string of the molecule is O=C(NC1CC1)C1COCCN1Cc1nc(CCl)cs1. The maximum Gasteiger partial charge on any atom is 0.239 e. The first-order valence-corrected chi connectivity index (χ1v) is 8.29. The molecule has 3 rings (SSSR count). The molecule has 2 aliphatic rings. The lowest BCUT2D eigenvalue weighted by Gasteiger charge is -2.33. The standard InChI is InChI=1S/C13H18ClN3O2S/c14-5-10-8-20-12(15-10)6-17-3-4-19-7-11(17)13(18)16-9-1-2-9/h8-9,11H,1-7H2,(H,16,18). The lowest BCUT2D eigenvalue weighted by molar-refractivity contribution is -0.133. The number of halogens is 1. The first kappa shape index (κ1) is 14.3. The predicted molar refractivity (Wildman–Crippen MR) is 77.9 cm³/mol. The van der Waals surface area contributed by atoms with Crippen LogP contribution in [0.5, 0.6) is 0 Å². The molecule has 1 aliphatic heterocycles. The number of aromatic nitrogens is 1. The number of morpholine rings is 1. The van der Waals surface area contributed by atoms with Crippen molar-refractivity contribution in [1.29, 1.82) is 0 Å². The van der Waals surface area contributed by atoms with Gasteiger partial charge in [0.2, 0.25) is 5.91 Å². The third-order valence-corrected chi connectivity index (χ3v) is 4.70. The second kappa shape index (κ2) is 6.39. The zero-order valence-corrected chi connectivity index (χ0v) is 12.8. The number of rotatable bonds is 5. The van der Waals surface area contributed by atoms with Crippen LogP contribution in [-0.4, -0.2) is 47.6 Å². The van der Waals surface area contributed by atoms with Crippen molar-refractivity contribution < 1.29 is 9.53 Å². The van der Waals surface area contributed by atoms with E-state index in [1.807, 2.05) is 5.38 Å². The zero-order valence-electron chi connectivity index (χ0n) is 11.2. The second-order valence-electron chi connectivity index (χ2n) is 5.21. The van der Waals surface area contributed by atoms with Gasteiger partial charge in [-0.3, -0.25) is 9.69 Å². The quantitative estimate of drug-likeness (QED) is 0.834. The minimum absolute atomic E-state index is 0.0846. The number of carbonyl (C=O) groups is 1. The summed E-state index contributed by atoms with van der Waals surface area (Å²) in [6, 6.07) is 0.182. The molecule has 5 nitrogen and oxygen atoms in total. The summed E-state index contributed by atoms with van der Waals surface area (Å²) in [4.78, 5) is 18.9. The summed E-state index contributed by atoms with van der Waals surface area (Å²) >= 11 is 7.37. The van der Waals surface area contributed by atoms with E-state index in [1.165, 1.54) is 0 Å². The lowest BCUT2D eigenvalue weighted by atomic mass is 10.2. The Labute approximate surface area is 127 Å². The van der Waals surface area contributed by atoms with Crippen molar-refractivity contribution >= 4 is 28.8 Å². The molecule has 1 amide bonds. The summed E-state index contributed by atoms with van der Waals surface area (Å²) in [5.41, 5.74) is 0.902. The summed E-state index contributed by atoms with van der Waals surface area (Å²) in [6.45, 7) is 2.58. The highest BCUT2D eigenvalue weighted by molar-refractivity contribution is 7.09. The summed E-state index contributed by atoms with van der Waals surface area (Å²) in [5, 5.41) is 6.04. The van der Waals surface area contributed by atoms with Crippen LogP contribution in [0.25, 0.3) is 0 Å². The predicted octanol–water partition coefficient (Wildman–Crippen LogP) is 1.36. The van der Waals surface area contributed by atoms with Crippen LogP contribution in [0.3, 0.4) is 0 Å². The van der Waals surface area contributed by atoms with E-state index < -0.39 is 0 Å². The molecule has 1 aromatic heterocycles. The van der Waals surface area contributed by atoms with Gasteiger partial charge in [-0.1, -0.05) is 0 Å². The minimum Gasteiger partial charge on any atom is -0.378 e. The average Bonchev–Trinajstić information content (AvgIpc) is 3.16. The molecule has 1 N–H and O–H groups in total. The first-order valence-electron chi connectivity index (χ1n) is 6.87. The van der Waals surface area contributed by atoms with Crippen molar-refractivity contribution in [2.45, 2.75) is 37.4 Å². The Morgan fingerprint density at radius 3 is 3.15 bits per heavy atom. The molecule has 2 heterocycles. The highest BCUT2D eigenvalue weighted by Crippen LogP contribution is 2.21. The summed E-state index contributed by atoms with van der Waals surface area (Å²) in [6.07, 6.45) is 2.20. The van der Waals surface area contributed by atoms with Gasteiger partial charge in [-0.2, -0.15) is 0 Å². The topological polar surface area (TPSA) is 54.5 Å². The third kappa shape index (κ3) is 3.49. The molecule has 1 saturated heterocycles. The largest absolute Gasteiger partial charge is 0.378 e. The van der Waals surface area contributed by atoms with Crippen molar-refractivity contribution in [3.05, 3.63) is 16.1 Å². The first-order chi connectivity index (χ1) is 9.76. The Balaban J connectivity index is 1.63. The Morgan fingerprint density at radius 2 is 2.45 bits per heavy atom. The fourth-order valence-electron chi connectivity index (χ4n) is 2.25. The Morgan fingerprint density at radius 1 is 1.60 bits per heavy atom. The van der Waals surface area contributed by atoms with Gasteiger partial charge in [0.05, 0.1) is 31.3 Å². The molecular weight excluding hydrogens is 298 g/mol. The molecule has 20 heavy (non-hydrogen) atoms. The fourth-order valence-corrected chi connectivity index (χ4v) is 3.30. The van der Waals surface area contributed by atoms with E-state index >= 15 is 0 Å². The van der Waals surface area contributed by atoms with Crippen LogP contribution in [0.4, 0.5) is 0 Å². The molecule has 110 valence electrons. The molecule has 0 aromatic carbocycles. The number of nitrogens with one attached hydrogen (secondary N) is 1. The second-order valence-corrected chi connectivity index (χ2v) is 6.42. The number of carbonyl (C=O) groups excluding carboxylic acids is 1. The van der Waals surface area contributed by atoms with Crippen LogP contribution in [0.15, 0.2) is 5.38 Å². The minimum atomic E-state index is -0.201. The van der Waals surface area contributed by atoms with Gasteiger partial charge in [0.15, 0.2) is 0 Å². The number of nitrogens with zero attached hydrogens (tertiary/aromatic N) is 2. The lowest BCUT2D eigenvalue weighted by Crippen LogP contribution is -2.53. The number of amides is 1. The molecule has 1 aliphatic carbocycles. The average molecular weight is 316 g/mol. The molecule has 0 radical (unpaired) electrons. The molecule has 7 heteroatoms. The van der Waals surface area contributed by atoms with Crippen molar-refractivity contribution in [2.75, 3.05) is 19.8 Å².